The quantitative estimate of drug-likeness (QED) is 0.838. The predicted molar refractivity (Wildman–Crippen MR) is 58.5 cm³/mol. The second kappa shape index (κ2) is 3.07. The highest BCUT2D eigenvalue weighted by atomic mass is 79.9. The van der Waals surface area contributed by atoms with Gasteiger partial charge in [-0.25, -0.2) is 4.98 Å². The predicted octanol–water partition coefficient (Wildman–Crippen LogP) is 1.78. The highest BCUT2D eigenvalue weighted by Gasteiger charge is 2.22. The number of nitrogens with one attached hydrogen (secondary N) is 1. The number of halogens is 1. The van der Waals surface area contributed by atoms with Crippen LogP contribution in [0.25, 0.3) is 5.52 Å². The van der Waals surface area contributed by atoms with E-state index in [0.717, 1.165) is 23.1 Å². The number of aromatic nitrogens is 2. The summed E-state index contributed by atoms with van der Waals surface area (Å²) in [5, 5.41) is 3.26. The van der Waals surface area contributed by atoms with Crippen LogP contribution >= 0.6 is 15.9 Å². The lowest BCUT2D eigenvalue weighted by atomic mass is 10.0. The Morgan fingerprint density at radius 2 is 2.36 bits per heavy atom. The molecule has 1 aliphatic heterocycles. The maximum Gasteiger partial charge on any atom is 0.118 e. The van der Waals surface area contributed by atoms with Crippen LogP contribution in [0.1, 0.15) is 11.7 Å². The van der Waals surface area contributed by atoms with Crippen molar-refractivity contribution in [2.45, 2.75) is 5.92 Å². The largest absolute Gasteiger partial charge is 0.315 e. The zero-order chi connectivity index (χ0) is 9.54. The van der Waals surface area contributed by atoms with Crippen molar-refractivity contribution in [2.24, 2.45) is 0 Å². The third-order valence-electron chi connectivity index (χ3n) is 2.67. The van der Waals surface area contributed by atoms with Crippen LogP contribution in [0.3, 0.4) is 0 Å². The summed E-state index contributed by atoms with van der Waals surface area (Å²) in [7, 11) is 0. The third-order valence-corrected chi connectivity index (χ3v) is 3.16. The Hall–Kier alpha value is -0.870. The van der Waals surface area contributed by atoms with Gasteiger partial charge in [0.25, 0.3) is 0 Å². The average molecular weight is 252 g/mol. The summed E-state index contributed by atoms with van der Waals surface area (Å²) in [4.78, 5) is 4.46. The highest BCUT2D eigenvalue weighted by Crippen LogP contribution is 2.21. The van der Waals surface area contributed by atoms with Gasteiger partial charge in [0.1, 0.15) is 5.82 Å². The maximum atomic E-state index is 4.46. The van der Waals surface area contributed by atoms with Crippen molar-refractivity contribution < 1.29 is 0 Å². The van der Waals surface area contributed by atoms with Crippen LogP contribution in [0.5, 0.6) is 0 Å². The fourth-order valence-corrected chi connectivity index (χ4v) is 2.12. The van der Waals surface area contributed by atoms with Gasteiger partial charge in [-0.1, -0.05) is 15.9 Å². The first-order valence-corrected chi connectivity index (χ1v) is 5.47. The molecule has 2 aromatic rings. The molecule has 0 spiro atoms. The molecule has 3 rings (SSSR count). The molecule has 1 N–H and O–H groups in total. The van der Waals surface area contributed by atoms with Crippen LogP contribution in [0.2, 0.25) is 0 Å². The molecule has 0 bridgehead atoms. The van der Waals surface area contributed by atoms with Gasteiger partial charge in [0, 0.05) is 29.7 Å². The molecule has 4 heteroatoms. The van der Waals surface area contributed by atoms with Gasteiger partial charge in [0.15, 0.2) is 0 Å². The lowest BCUT2D eigenvalue weighted by Crippen LogP contribution is -2.40. The third kappa shape index (κ3) is 1.18. The lowest BCUT2D eigenvalue weighted by Gasteiger charge is -2.25. The summed E-state index contributed by atoms with van der Waals surface area (Å²) >= 11 is 3.46. The molecule has 0 saturated carbocycles. The number of rotatable bonds is 1. The van der Waals surface area contributed by atoms with Gasteiger partial charge in [-0.3, -0.25) is 0 Å². The molecule has 0 amide bonds. The van der Waals surface area contributed by atoms with E-state index in [9.17, 15) is 0 Å². The highest BCUT2D eigenvalue weighted by molar-refractivity contribution is 9.10. The molecule has 1 aliphatic rings. The molecule has 0 radical (unpaired) electrons. The molecule has 0 aromatic carbocycles. The number of hydrogen-bond acceptors (Lipinski definition) is 2. The summed E-state index contributed by atoms with van der Waals surface area (Å²) in [6.45, 7) is 2.10. The number of nitrogens with zero attached hydrogens (tertiary/aromatic N) is 2. The van der Waals surface area contributed by atoms with Crippen LogP contribution < -0.4 is 5.32 Å². The monoisotopic (exact) mass is 251 g/mol. The van der Waals surface area contributed by atoms with Crippen molar-refractivity contribution in [3.8, 4) is 0 Å². The van der Waals surface area contributed by atoms with Crippen LogP contribution in [0.15, 0.2) is 29.0 Å². The molecular formula is C10H10BrN3. The van der Waals surface area contributed by atoms with Crippen molar-refractivity contribution in [2.75, 3.05) is 13.1 Å². The normalized spacial score (nSPS) is 17.2. The summed E-state index contributed by atoms with van der Waals surface area (Å²) < 4.78 is 3.26. The van der Waals surface area contributed by atoms with Crippen molar-refractivity contribution in [1.29, 1.82) is 0 Å². The van der Waals surface area contributed by atoms with Crippen LogP contribution in [0.4, 0.5) is 0 Å². The summed E-state index contributed by atoms with van der Waals surface area (Å²) in [6, 6.07) is 4.13. The molecule has 1 saturated heterocycles. The number of fused-ring (bicyclic) bond motifs is 1. The molecule has 0 unspecified atom stereocenters. The Bertz CT molecular complexity index is 473. The Balaban J connectivity index is 2.16. The first kappa shape index (κ1) is 8.44. The zero-order valence-electron chi connectivity index (χ0n) is 7.57. The molecule has 72 valence electrons. The molecule has 0 aliphatic carbocycles. The molecule has 0 atom stereocenters. The second-order valence-corrected chi connectivity index (χ2v) is 4.53. The zero-order valence-corrected chi connectivity index (χ0v) is 9.16. The fourth-order valence-electron chi connectivity index (χ4n) is 1.77. The smallest absolute Gasteiger partial charge is 0.118 e. The van der Waals surface area contributed by atoms with Gasteiger partial charge in [0.05, 0.1) is 11.7 Å². The van der Waals surface area contributed by atoms with E-state index in [1.165, 1.54) is 5.82 Å². The van der Waals surface area contributed by atoms with E-state index in [1.807, 2.05) is 12.3 Å². The van der Waals surface area contributed by atoms with Crippen molar-refractivity contribution in [1.82, 2.24) is 14.7 Å². The van der Waals surface area contributed by atoms with E-state index < -0.39 is 0 Å². The van der Waals surface area contributed by atoms with Crippen LogP contribution in [-0.2, 0) is 0 Å². The van der Waals surface area contributed by atoms with Crippen LogP contribution in [-0.4, -0.2) is 22.5 Å². The Morgan fingerprint density at radius 3 is 3.07 bits per heavy atom. The molecule has 2 aromatic heterocycles. The summed E-state index contributed by atoms with van der Waals surface area (Å²) in [5.74, 6) is 1.75. The van der Waals surface area contributed by atoms with E-state index in [-0.39, 0.29) is 0 Å². The van der Waals surface area contributed by atoms with Gasteiger partial charge in [0.2, 0.25) is 0 Å². The van der Waals surface area contributed by atoms with Gasteiger partial charge < -0.3 is 9.72 Å². The second-order valence-electron chi connectivity index (χ2n) is 3.61. The maximum absolute atomic E-state index is 4.46. The van der Waals surface area contributed by atoms with Gasteiger partial charge in [-0.15, -0.1) is 0 Å². The van der Waals surface area contributed by atoms with Crippen molar-refractivity contribution in [3.63, 3.8) is 0 Å². The van der Waals surface area contributed by atoms with Crippen molar-refractivity contribution >= 4 is 21.4 Å². The van der Waals surface area contributed by atoms with Gasteiger partial charge in [-0.2, -0.15) is 0 Å². The summed E-state index contributed by atoms with van der Waals surface area (Å²) in [6.07, 6.45) is 4.00. The number of pyridine rings is 1. The fraction of sp³-hybridized carbons (Fsp3) is 0.300. The van der Waals surface area contributed by atoms with Gasteiger partial charge >= 0.3 is 0 Å². The molecule has 1 fully saturated rings. The molecule has 3 heterocycles. The standard InChI is InChI=1S/C10H10BrN3/c11-8-1-2-14-9(3-8)6-13-10(14)7-4-12-5-7/h1-3,6-7,12H,4-5H2. The Kier molecular flexibility index (Phi) is 1.85. The van der Waals surface area contributed by atoms with E-state index in [2.05, 4.69) is 42.9 Å². The lowest BCUT2D eigenvalue weighted by molar-refractivity contribution is 0.429. The minimum absolute atomic E-state index is 0.582. The minimum atomic E-state index is 0.582. The topological polar surface area (TPSA) is 29.3 Å². The molecule has 3 nitrogen and oxygen atoms in total. The molecular weight excluding hydrogens is 242 g/mol. The van der Waals surface area contributed by atoms with E-state index >= 15 is 0 Å². The van der Waals surface area contributed by atoms with Crippen LogP contribution in [0, 0.1) is 0 Å². The Morgan fingerprint density at radius 1 is 1.50 bits per heavy atom. The SMILES string of the molecule is Brc1ccn2c(C3CNC3)ncc2c1. The number of hydrogen-bond donors (Lipinski definition) is 1. The number of imidazole rings is 1. The summed E-state index contributed by atoms with van der Waals surface area (Å²) in [5.41, 5.74) is 1.15. The van der Waals surface area contributed by atoms with E-state index in [4.69, 9.17) is 0 Å². The van der Waals surface area contributed by atoms with E-state index in [1.54, 1.807) is 0 Å². The Labute approximate surface area is 90.3 Å². The minimum Gasteiger partial charge on any atom is -0.315 e. The van der Waals surface area contributed by atoms with Crippen molar-refractivity contribution in [3.05, 3.63) is 34.8 Å². The van der Waals surface area contributed by atoms with E-state index in [0.29, 0.717) is 5.92 Å². The average Bonchev–Trinajstić information content (AvgIpc) is 2.45. The van der Waals surface area contributed by atoms with Gasteiger partial charge in [-0.05, 0) is 12.1 Å². The first-order valence-electron chi connectivity index (χ1n) is 4.68. The first-order chi connectivity index (χ1) is 6.84. The molecule has 14 heavy (non-hydrogen) atoms.